The Balaban J connectivity index is 1.46. The van der Waals surface area contributed by atoms with Crippen LogP contribution >= 0.6 is 0 Å². The summed E-state index contributed by atoms with van der Waals surface area (Å²) in [5.41, 5.74) is 4.51. The number of carbonyl (C=O) groups is 1. The van der Waals surface area contributed by atoms with E-state index in [0.717, 1.165) is 11.1 Å². The first kappa shape index (κ1) is 17.6. The molecule has 0 saturated heterocycles. The fourth-order valence-corrected chi connectivity index (χ4v) is 4.07. The molecule has 0 aromatic heterocycles. The Morgan fingerprint density at radius 1 is 0.963 bits per heavy atom. The average Bonchev–Trinajstić information content (AvgIpc) is 2.71. The fraction of sp³-hybridized carbons (Fsp3) is 0.211. The van der Waals surface area contributed by atoms with Gasteiger partial charge in [-0.1, -0.05) is 24.3 Å². The highest BCUT2D eigenvalue weighted by atomic mass is 32.2. The summed E-state index contributed by atoms with van der Waals surface area (Å²) in [6.45, 7) is 0.858. The maximum atomic E-state index is 12.5. The van der Waals surface area contributed by atoms with E-state index in [2.05, 4.69) is 10.3 Å². The number of fused-ring (bicyclic) bond motifs is 2. The normalized spacial score (nSPS) is 15.5. The molecule has 4 rings (SSSR count). The van der Waals surface area contributed by atoms with Crippen molar-refractivity contribution in [1.29, 1.82) is 0 Å². The van der Waals surface area contributed by atoms with Crippen molar-refractivity contribution in [2.75, 3.05) is 13.2 Å². The number of hydrogen-bond acceptors (Lipinski definition) is 5. The molecule has 0 saturated carbocycles. The van der Waals surface area contributed by atoms with E-state index in [0.29, 0.717) is 37.6 Å². The van der Waals surface area contributed by atoms with Gasteiger partial charge in [-0.05, 0) is 48.2 Å². The van der Waals surface area contributed by atoms with Gasteiger partial charge in [-0.2, -0.15) is 0 Å². The van der Waals surface area contributed by atoms with Gasteiger partial charge in [-0.15, -0.1) is 4.83 Å². The van der Waals surface area contributed by atoms with Crippen LogP contribution in [-0.4, -0.2) is 27.5 Å². The van der Waals surface area contributed by atoms with E-state index >= 15 is 0 Å². The topological polar surface area (TPSA) is 93.7 Å². The molecule has 2 N–H and O–H groups in total. The number of hydrogen-bond donors (Lipinski definition) is 2. The molecule has 1 heterocycles. The lowest BCUT2D eigenvalue weighted by Crippen LogP contribution is -2.42. The number of aryl methyl sites for hydroxylation is 1. The van der Waals surface area contributed by atoms with Gasteiger partial charge in [-0.25, -0.2) is 8.42 Å². The third-order valence-corrected chi connectivity index (χ3v) is 5.84. The molecule has 27 heavy (non-hydrogen) atoms. The van der Waals surface area contributed by atoms with Crippen LogP contribution in [0.3, 0.4) is 0 Å². The summed E-state index contributed by atoms with van der Waals surface area (Å²) in [7, 11) is -3.82. The molecule has 0 radical (unpaired) electrons. The second-order valence-electron chi connectivity index (χ2n) is 6.23. The zero-order valence-corrected chi connectivity index (χ0v) is 15.2. The Kier molecular flexibility index (Phi) is 4.59. The second kappa shape index (κ2) is 7.05. The minimum Gasteiger partial charge on any atom is -0.486 e. The predicted octanol–water partition coefficient (Wildman–Crippen LogP) is 2.01. The third kappa shape index (κ3) is 3.67. The monoisotopic (exact) mass is 386 g/mol. The van der Waals surface area contributed by atoms with Crippen LogP contribution in [-0.2, 0) is 16.4 Å². The first-order chi connectivity index (χ1) is 13.0. The molecule has 0 fully saturated rings. The van der Waals surface area contributed by atoms with Crippen LogP contribution in [0.5, 0.6) is 11.5 Å². The largest absolute Gasteiger partial charge is 0.486 e. The maximum absolute atomic E-state index is 12.5. The summed E-state index contributed by atoms with van der Waals surface area (Å²) in [6.07, 6.45) is 2.66. The number of allylic oxidation sites excluding steroid dienone is 1. The van der Waals surface area contributed by atoms with E-state index in [1.54, 1.807) is 18.2 Å². The van der Waals surface area contributed by atoms with Crippen molar-refractivity contribution in [3.63, 3.8) is 0 Å². The molecule has 2 aromatic carbocycles. The van der Waals surface area contributed by atoms with Crippen LogP contribution in [0, 0.1) is 0 Å². The molecule has 0 atom stereocenters. The van der Waals surface area contributed by atoms with Gasteiger partial charge in [0.15, 0.2) is 11.5 Å². The quantitative estimate of drug-likeness (QED) is 0.784. The molecular formula is C19H18N2O5S. The fourth-order valence-electron chi connectivity index (χ4n) is 3.05. The van der Waals surface area contributed by atoms with Crippen LogP contribution in [0.4, 0.5) is 0 Å². The predicted molar refractivity (Wildman–Crippen MR) is 99.7 cm³/mol. The van der Waals surface area contributed by atoms with E-state index in [9.17, 15) is 13.2 Å². The van der Waals surface area contributed by atoms with Crippen molar-refractivity contribution in [2.24, 2.45) is 0 Å². The van der Waals surface area contributed by atoms with E-state index in [4.69, 9.17) is 9.47 Å². The highest BCUT2D eigenvalue weighted by molar-refractivity contribution is 7.93. The van der Waals surface area contributed by atoms with Crippen molar-refractivity contribution >= 4 is 22.0 Å². The molecule has 8 heteroatoms. The molecule has 0 bridgehead atoms. The average molecular weight is 386 g/mol. The van der Waals surface area contributed by atoms with Crippen LogP contribution < -0.4 is 19.7 Å². The van der Waals surface area contributed by atoms with Crippen molar-refractivity contribution < 1.29 is 22.7 Å². The zero-order valence-electron chi connectivity index (χ0n) is 14.4. The van der Waals surface area contributed by atoms with Crippen molar-refractivity contribution in [1.82, 2.24) is 10.3 Å². The van der Waals surface area contributed by atoms with Crippen LogP contribution in [0.2, 0.25) is 0 Å². The Bertz CT molecular complexity index is 1030. The lowest BCUT2D eigenvalue weighted by molar-refractivity contribution is 0.0944. The first-order valence-corrected chi connectivity index (χ1v) is 10.0. The van der Waals surface area contributed by atoms with Gasteiger partial charge in [-0.3, -0.25) is 10.2 Å². The van der Waals surface area contributed by atoms with E-state index in [1.165, 1.54) is 6.07 Å². The van der Waals surface area contributed by atoms with Gasteiger partial charge in [0.05, 0.1) is 4.91 Å². The Labute approximate surface area is 157 Å². The van der Waals surface area contributed by atoms with E-state index < -0.39 is 15.9 Å². The molecular weight excluding hydrogens is 368 g/mol. The standard InChI is InChI=1S/C19H18N2O5S/c22-19(15-6-8-17-18(12-15)26-10-9-25-17)20-21-27(23,24)16-7-5-13-3-1-2-4-14(13)11-16/h1-4,6,8,11-12,21H,5,7,9-10H2,(H,20,22). The number of ether oxygens (including phenoxy) is 2. The molecule has 0 spiro atoms. The third-order valence-electron chi connectivity index (χ3n) is 4.46. The summed E-state index contributed by atoms with van der Waals surface area (Å²) in [5.74, 6) is 0.445. The molecule has 1 amide bonds. The van der Waals surface area contributed by atoms with Crippen LogP contribution in [0.15, 0.2) is 47.4 Å². The highest BCUT2D eigenvalue weighted by Crippen LogP contribution is 2.30. The number of carbonyl (C=O) groups excluding carboxylic acids is 1. The lowest BCUT2D eigenvalue weighted by atomic mass is 9.98. The number of rotatable bonds is 4. The summed E-state index contributed by atoms with van der Waals surface area (Å²) in [5, 5.41) is 0. The second-order valence-corrected chi connectivity index (χ2v) is 7.96. The molecule has 1 aliphatic carbocycles. The van der Waals surface area contributed by atoms with Gasteiger partial charge in [0.1, 0.15) is 13.2 Å². The van der Waals surface area contributed by atoms with Gasteiger partial charge in [0, 0.05) is 5.56 Å². The smallest absolute Gasteiger partial charge is 0.266 e. The molecule has 7 nitrogen and oxygen atoms in total. The van der Waals surface area contributed by atoms with Gasteiger partial charge < -0.3 is 9.47 Å². The molecule has 2 aromatic rings. The molecule has 0 unspecified atom stereocenters. The molecule has 140 valence electrons. The summed E-state index contributed by atoms with van der Waals surface area (Å²) in [4.78, 5) is 14.7. The maximum Gasteiger partial charge on any atom is 0.266 e. The van der Waals surface area contributed by atoms with Crippen LogP contribution in [0.1, 0.15) is 27.9 Å². The minimum absolute atomic E-state index is 0.240. The number of hydrazine groups is 1. The number of amides is 1. The zero-order chi connectivity index (χ0) is 18.9. The summed E-state index contributed by atoms with van der Waals surface area (Å²) >= 11 is 0. The van der Waals surface area contributed by atoms with Gasteiger partial charge >= 0.3 is 0 Å². The number of sulfonamides is 1. The Morgan fingerprint density at radius 3 is 2.59 bits per heavy atom. The minimum atomic E-state index is -3.82. The highest BCUT2D eigenvalue weighted by Gasteiger charge is 2.23. The van der Waals surface area contributed by atoms with Crippen molar-refractivity contribution in [3.8, 4) is 11.5 Å². The van der Waals surface area contributed by atoms with E-state index in [1.807, 2.05) is 24.3 Å². The number of nitrogens with one attached hydrogen (secondary N) is 2. The molecule has 1 aliphatic heterocycles. The SMILES string of the molecule is O=C(NNS(=O)(=O)C1=Cc2ccccc2CC1)c1ccc2c(c1)OCCO2. The Hall–Kier alpha value is -2.84. The van der Waals surface area contributed by atoms with Gasteiger partial charge in [0.25, 0.3) is 15.9 Å². The van der Waals surface area contributed by atoms with Crippen molar-refractivity contribution in [3.05, 3.63) is 64.1 Å². The lowest BCUT2D eigenvalue weighted by Gasteiger charge is -2.19. The summed E-state index contributed by atoms with van der Waals surface area (Å²) in [6, 6.07) is 12.3. The van der Waals surface area contributed by atoms with Crippen molar-refractivity contribution in [2.45, 2.75) is 12.8 Å². The van der Waals surface area contributed by atoms with Crippen LogP contribution in [0.25, 0.3) is 6.08 Å². The first-order valence-electron chi connectivity index (χ1n) is 8.53. The van der Waals surface area contributed by atoms with Gasteiger partial charge in [0.2, 0.25) is 0 Å². The van der Waals surface area contributed by atoms with E-state index in [-0.39, 0.29) is 10.5 Å². The Morgan fingerprint density at radius 2 is 1.74 bits per heavy atom. The molecule has 2 aliphatic rings. The number of benzene rings is 2. The summed E-state index contributed by atoms with van der Waals surface area (Å²) < 4.78 is 35.9.